The van der Waals surface area contributed by atoms with E-state index >= 15 is 0 Å². The molecule has 104 valence electrons. The van der Waals surface area contributed by atoms with Gasteiger partial charge in [0.05, 0.1) is 10.7 Å². The van der Waals surface area contributed by atoms with Gasteiger partial charge in [-0.3, -0.25) is 0 Å². The number of benzene rings is 1. The highest BCUT2D eigenvalue weighted by atomic mass is 35.5. The van der Waals surface area contributed by atoms with Crippen LogP contribution in [0.5, 0.6) is 0 Å². The quantitative estimate of drug-likeness (QED) is 0.674. The Balaban J connectivity index is 2.45. The van der Waals surface area contributed by atoms with Crippen molar-refractivity contribution >= 4 is 27.3 Å². The van der Waals surface area contributed by atoms with E-state index in [1.807, 2.05) is 13.0 Å². The number of nitrogens with zero attached hydrogens (tertiary/aromatic N) is 1. The fourth-order valence-electron chi connectivity index (χ4n) is 1.96. The number of anilines is 1. The number of nitrogen functional groups attached to an aromatic ring is 1. The minimum Gasteiger partial charge on any atom is -0.396 e. The van der Waals surface area contributed by atoms with E-state index in [1.54, 1.807) is 0 Å². The molecule has 0 saturated carbocycles. The Morgan fingerprint density at radius 3 is 2.74 bits per heavy atom. The summed E-state index contributed by atoms with van der Waals surface area (Å²) >= 11 is 5.83. The minimum atomic E-state index is -3.75. The molecule has 4 nitrogen and oxygen atoms in total. The van der Waals surface area contributed by atoms with Gasteiger partial charge in [0.2, 0.25) is 10.0 Å². The van der Waals surface area contributed by atoms with Crippen molar-refractivity contribution in [1.29, 1.82) is 0 Å². The first-order valence-electron chi connectivity index (χ1n) is 5.72. The summed E-state index contributed by atoms with van der Waals surface area (Å²) in [6.45, 7) is 2.56. The molecule has 19 heavy (non-hydrogen) atoms. The lowest BCUT2D eigenvalue weighted by molar-refractivity contribution is 0.428. The monoisotopic (exact) mass is 304 g/mol. The van der Waals surface area contributed by atoms with Crippen molar-refractivity contribution in [3.05, 3.63) is 34.6 Å². The summed E-state index contributed by atoms with van der Waals surface area (Å²) in [4.78, 5) is -0.150. The standard InChI is InChI=1S/C12H14ClFN2O2S/c1-8-3-2-4-16(7-8)19(17,18)12-6-11(15)10(14)5-9(12)13/h3,5-6H,2,4,7,15H2,1H3. The highest BCUT2D eigenvalue weighted by molar-refractivity contribution is 7.89. The molecule has 0 radical (unpaired) electrons. The number of hydrogen-bond acceptors (Lipinski definition) is 3. The first kappa shape index (κ1) is 14.3. The SMILES string of the molecule is CC1=CCCN(S(=O)(=O)c2cc(N)c(F)cc2Cl)C1. The van der Waals surface area contributed by atoms with Gasteiger partial charge in [0.15, 0.2) is 0 Å². The largest absolute Gasteiger partial charge is 0.396 e. The number of rotatable bonds is 2. The molecule has 1 aromatic carbocycles. The van der Waals surface area contributed by atoms with E-state index in [1.165, 1.54) is 4.31 Å². The van der Waals surface area contributed by atoms with Crippen molar-refractivity contribution in [3.8, 4) is 0 Å². The van der Waals surface area contributed by atoms with E-state index in [2.05, 4.69) is 0 Å². The predicted molar refractivity (Wildman–Crippen MR) is 73.0 cm³/mol. The minimum absolute atomic E-state index is 0.150. The molecule has 1 aliphatic rings. The van der Waals surface area contributed by atoms with Crippen LogP contribution in [0, 0.1) is 5.82 Å². The lowest BCUT2D eigenvalue weighted by Gasteiger charge is -2.26. The van der Waals surface area contributed by atoms with Crippen LogP contribution in [0.4, 0.5) is 10.1 Å². The molecule has 0 saturated heterocycles. The molecule has 2 N–H and O–H groups in total. The van der Waals surface area contributed by atoms with Gasteiger partial charge in [-0.15, -0.1) is 0 Å². The zero-order valence-corrected chi connectivity index (χ0v) is 11.9. The molecule has 1 aromatic rings. The Hall–Kier alpha value is -1.11. The Bertz CT molecular complexity index is 643. The van der Waals surface area contributed by atoms with Gasteiger partial charge in [-0.05, 0) is 25.5 Å². The van der Waals surface area contributed by atoms with E-state index in [0.29, 0.717) is 19.5 Å². The van der Waals surface area contributed by atoms with Crippen molar-refractivity contribution in [1.82, 2.24) is 4.31 Å². The average molecular weight is 305 g/mol. The number of nitrogens with two attached hydrogens (primary N) is 1. The smallest absolute Gasteiger partial charge is 0.244 e. The van der Waals surface area contributed by atoms with Crippen LogP contribution >= 0.6 is 11.6 Å². The lowest BCUT2D eigenvalue weighted by Crippen LogP contribution is -2.35. The summed E-state index contributed by atoms with van der Waals surface area (Å²) in [6, 6.07) is 2.00. The van der Waals surface area contributed by atoms with Crippen LogP contribution in [0.1, 0.15) is 13.3 Å². The van der Waals surface area contributed by atoms with E-state index < -0.39 is 15.8 Å². The first-order chi connectivity index (χ1) is 8.82. The summed E-state index contributed by atoms with van der Waals surface area (Å²) in [5, 5.41) is -0.154. The van der Waals surface area contributed by atoms with Crippen LogP contribution in [0.15, 0.2) is 28.7 Å². The molecule has 0 atom stereocenters. The van der Waals surface area contributed by atoms with Crippen molar-refractivity contribution in [3.63, 3.8) is 0 Å². The third-order valence-corrected chi connectivity index (χ3v) is 5.28. The second-order valence-corrected chi connectivity index (χ2v) is 6.80. The fourth-order valence-corrected chi connectivity index (χ4v) is 3.99. The van der Waals surface area contributed by atoms with Gasteiger partial charge in [-0.2, -0.15) is 4.31 Å². The molecule has 0 aliphatic carbocycles. The van der Waals surface area contributed by atoms with Crippen molar-refractivity contribution in [2.45, 2.75) is 18.2 Å². The van der Waals surface area contributed by atoms with E-state index in [4.69, 9.17) is 17.3 Å². The summed E-state index contributed by atoms with van der Waals surface area (Å²) in [7, 11) is -3.75. The molecule has 7 heteroatoms. The third-order valence-electron chi connectivity index (χ3n) is 2.97. The molecule has 0 aromatic heterocycles. The molecule has 0 spiro atoms. The molecule has 0 bridgehead atoms. The Labute approximate surface area is 116 Å². The fraction of sp³-hybridized carbons (Fsp3) is 0.333. The third kappa shape index (κ3) is 2.75. The Morgan fingerprint density at radius 2 is 2.11 bits per heavy atom. The maximum atomic E-state index is 13.2. The molecular weight excluding hydrogens is 291 g/mol. The van der Waals surface area contributed by atoms with Gasteiger partial charge in [0, 0.05) is 13.1 Å². The van der Waals surface area contributed by atoms with Gasteiger partial charge in [-0.1, -0.05) is 23.3 Å². The summed E-state index contributed by atoms with van der Waals surface area (Å²) < 4.78 is 39.5. The zero-order valence-electron chi connectivity index (χ0n) is 10.4. The van der Waals surface area contributed by atoms with Crippen molar-refractivity contribution in [2.24, 2.45) is 0 Å². The highest BCUT2D eigenvalue weighted by Crippen LogP contribution is 2.30. The van der Waals surface area contributed by atoms with Crippen LogP contribution in [0.25, 0.3) is 0 Å². The summed E-state index contributed by atoms with van der Waals surface area (Å²) in [5.74, 6) is -0.723. The summed E-state index contributed by atoms with van der Waals surface area (Å²) in [6.07, 6.45) is 2.64. The molecule has 0 unspecified atom stereocenters. The lowest BCUT2D eigenvalue weighted by atomic mass is 10.2. The number of hydrogen-bond donors (Lipinski definition) is 1. The van der Waals surface area contributed by atoms with Gasteiger partial charge >= 0.3 is 0 Å². The Morgan fingerprint density at radius 1 is 1.42 bits per heavy atom. The van der Waals surface area contributed by atoms with Crippen molar-refractivity contribution < 1.29 is 12.8 Å². The van der Waals surface area contributed by atoms with Gasteiger partial charge in [0.25, 0.3) is 0 Å². The van der Waals surface area contributed by atoms with E-state index in [0.717, 1.165) is 17.7 Å². The maximum Gasteiger partial charge on any atom is 0.244 e. The van der Waals surface area contributed by atoms with Crippen LogP contribution in [-0.2, 0) is 10.0 Å². The molecule has 0 fully saturated rings. The van der Waals surface area contributed by atoms with E-state index in [9.17, 15) is 12.8 Å². The zero-order chi connectivity index (χ0) is 14.2. The van der Waals surface area contributed by atoms with Crippen LogP contribution in [-0.4, -0.2) is 25.8 Å². The van der Waals surface area contributed by atoms with Crippen LogP contribution in [0.3, 0.4) is 0 Å². The van der Waals surface area contributed by atoms with Gasteiger partial charge in [-0.25, -0.2) is 12.8 Å². The van der Waals surface area contributed by atoms with Gasteiger partial charge < -0.3 is 5.73 Å². The normalized spacial score (nSPS) is 17.3. The average Bonchev–Trinajstić information content (AvgIpc) is 2.33. The molecule has 1 aliphatic heterocycles. The van der Waals surface area contributed by atoms with Crippen molar-refractivity contribution in [2.75, 3.05) is 18.8 Å². The second kappa shape index (κ2) is 5.11. The van der Waals surface area contributed by atoms with E-state index in [-0.39, 0.29) is 15.6 Å². The first-order valence-corrected chi connectivity index (χ1v) is 7.54. The molecule has 2 rings (SSSR count). The van der Waals surface area contributed by atoms with Gasteiger partial charge in [0.1, 0.15) is 10.7 Å². The molecular formula is C12H14ClFN2O2S. The predicted octanol–water partition coefficient (Wildman–Crippen LogP) is 2.40. The van der Waals surface area contributed by atoms with Crippen LogP contribution in [0.2, 0.25) is 5.02 Å². The highest BCUT2D eigenvalue weighted by Gasteiger charge is 2.28. The topological polar surface area (TPSA) is 63.4 Å². The Kier molecular flexibility index (Phi) is 3.85. The summed E-state index contributed by atoms with van der Waals surface area (Å²) in [5.41, 5.74) is 6.16. The van der Waals surface area contributed by atoms with Crippen LogP contribution < -0.4 is 5.73 Å². The number of halogens is 2. The second-order valence-electron chi connectivity index (χ2n) is 4.48. The number of sulfonamides is 1. The maximum absolute atomic E-state index is 13.2. The molecule has 0 amide bonds. The molecule has 1 heterocycles.